The lowest BCUT2D eigenvalue weighted by Gasteiger charge is -2.35. The molecule has 1 aliphatic rings. The van der Waals surface area contributed by atoms with Crippen LogP contribution in [0.15, 0.2) is 15.8 Å². The second-order valence-corrected chi connectivity index (χ2v) is 8.65. The maximum Gasteiger partial charge on any atom is 0.278 e. The molecule has 0 unspecified atom stereocenters. The number of aromatic nitrogens is 2. The van der Waals surface area contributed by atoms with Crippen molar-refractivity contribution in [3.63, 3.8) is 0 Å². The number of H-pyrrole nitrogens is 1. The summed E-state index contributed by atoms with van der Waals surface area (Å²) in [6, 6.07) is 1.97. The predicted octanol–water partition coefficient (Wildman–Crippen LogP) is 4.13. The van der Waals surface area contributed by atoms with Gasteiger partial charge in [-0.1, -0.05) is 13.8 Å². The van der Waals surface area contributed by atoms with Crippen LogP contribution in [0.25, 0.3) is 0 Å². The molecule has 0 saturated carbocycles. The number of nitrogens with one attached hydrogen (secondary N) is 1. The van der Waals surface area contributed by atoms with E-state index in [1.54, 1.807) is 6.92 Å². The molecule has 1 aromatic heterocycles. The van der Waals surface area contributed by atoms with E-state index in [-0.39, 0.29) is 22.3 Å². The first-order chi connectivity index (χ1) is 11.7. The Labute approximate surface area is 153 Å². The predicted molar refractivity (Wildman–Crippen MR) is 103 cm³/mol. The number of ketones is 1. The summed E-state index contributed by atoms with van der Waals surface area (Å²) in [5, 5.41) is 3.01. The van der Waals surface area contributed by atoms with Gasteiger partial charge in [-0.15, -0.1) is 11.8 Å². The normalized spacial score (nSPS) is 15.9. The molecule has 0 radical (unpaired) electrons. The van der Waals surface area contributed by atoms with Gasteiger partial charge in [0.1, 0.15) is 5.56 Å². The van der Waals surface area contributed by atoms with Crippen molar-refractivity contribution in [2.24, 2.45) is 0 Å². The van der Waals surface area contributed by atoms with E-state index in [9.17, 15) is 9.59 Å². The van der Waals surface area contributed by atoms with Crippen molar-refractivity contribution < 1.29 is 4.79 Å². The van der Waals surface area contributed by atoms with E-state index in [1.807, 2.05) is 31.7 Å². The largest absolute Gasteiger partial charge is 0.299 e. The number of nitrogens with zero attached hydrogens (tertiary/aromatic N) is 1. The van der Waals surface area contributed by atoms with Gasteiger partial charge in [-0.3, -0.25) is 19.4 Å². The van der Waals surface area contributed by atoms with E-state index in [4.69, 9.17) is 0 Å². The zero-order chi connectivity index (χ0) is 18.5. The van der Waals surface area contributed by atoms with Gasteiger partial charge in [0.25, 0.3) is 5.56 Å². The quantitative estimate of drug-likeness (QED) is 0.840. The monoisotopic (exact) mass is 358 g/mol. The second kappa shape index (κ2) is 6.20. The van der Waals surface area contributed by atoms with E-state index in [2.05, 4.69) is 25.9 Å². The zero-order valence-corrected chi connectivity index (χ0v) is 16.7. The van der Waals surface area contributed by atoms with E-state index >= 15 is 0 Å². The van der Waals surface area contributed by atoms with E-state index in [0.29, 0.717) is 17.8 Å². The van der Waals surface area contributed by atoms with Crippen LogP contribution in [0, 0.1) is 20.8 Å². The summed E-state index contributed by atoms with van der Waals surface area (Å²) in [6.07, 6.45) is 1.09. The van der Waals surface area contributed by atoms with Crippen molar-refractivity contribution in [1.29, 1.82) is 0 Å². The number of fused-ring (bicyclic) bond motifs is 1. The first-order valence-corrected chi connectivity index (χ1v) is 9.79. The van der Waals surface area contributed by atoms with Crippen molar-refractivity contribution in [2.45, 2.75) is 64.8 Å². The molecule has 1 N–H and O–H groups in total. The number of carbonyl (C=O) groups excluding carboxylic acids is 1. The number of aromatic amines is 1. The van der Waals surface area contributed by atoms with Crippen LogP contribution in [-0.2, 0) is 12.0 Å². The van der Waals surface area contributed by atoms with Crippen LogP contribution in [0.5, 0.6) is 0 Å². The number of hydrogen-bond acceptors (Lipinski definition) is 3. The second-order valence-electron chi connectivity index (χ2n) is 7.54. The Morgan fingerprint density at radius 2 is 2.00 bits per heavy atom. The molecule has 0 spiro atoms. The van der Waals surface area contributed by atoms with Crippen LogP contribution < -0.4 is 5.56 Å². The van der Waals surface area contributed by atoms with Crippen LogP contribution in [0.2, 0.25) is 0 Å². The highest BCUT2D eigenvalue weighted by Crippen LogP contribution is 2.45. The first-order valence-electron chi connectivity index (χ1n) is 8.80. The van der Waals surface area contributed by atoms with Gasteiger partial charge in [0.05, 0.1) is 0 Å². The topological polar surface area (TPSA) is 54.9 Å². The lowest BCUT2D eigenvalue weighted by Crippen LogP contribution is -2.27. The average Bonchev–Trinajstić information content (AvgIpc) is 2.83. The summed E-state index contributed by atoms with van der Waals surface area (Å²) in [6.45, 7) is 12.8. The van der Waals surface area contributed by atoms with Crippen LogP contribution >= 0.6 is 11.8 Å². The average molecular weight is 359 g/mol. The Morgan fingerprint density at radius 3 is 2.60 bits per heavy atom. The van der Waals surface area contributed by atoms with Gasteiger partial charge in [-0.2, -0.15) is 0 Å². The van der Waals surface area contributed by atoms with Crippen molar-refractivity contribution >= 4 is 17.5 Å². The molecule has 2 heterocycles. The summed E-state index contributed by atoms with van der Waals surface area (Å²) in [4.78, 5) is 27.1. The third-order valence-electron chi connectivity index (χ3n) is 5.30. The smallest absolute Gasteiger partial charge is 0.278 e. The highest BCUT2D eigenvalue weighted by molar-refractivity contribution is 7.99. The number of benzene rings is 1. The zero-order valence-electron chi connectivity index (χ0n) is 15.9. The van der Waals surface area contributed by atoms with E-state index in [0.717, 1.165) is 23.3 Å². The summed E-state index contributed by atoms with van der Waals surface area (Å²) >= 11 is 1.88. The molecule has 25 heavy (non-hydrogen) atoms. The fourth-order valence-electron chi connectivity index (χ4n) is 3.89. The van der Waals surface area contributed by atoms with Crippen molar-refractivity contribution in [1.82, 2.24) is 9.78 Å². The lowest BCUT2D eigenvalue weighted by molar-refractivity contribution is 0.103. The Morgan fingerprint density at radius 1 is 1.32 bits per heavy atom. The molecular weight excluding hydrogens is 332 g/mol. The molecule has 0 aliphatic carbocycles. The van der Waals surface area contributed by atoms with Gasteiger partial charge in [0.15, 0.2) is 0 Å². The highest BCUT2D eigenvalue weighted by atomic mass is 32.2. The van der Waals surface area contributed by atoms with E-state index in [1.165, 1.54) is 15.1 Å². The molecule has 1 aliphatic heterocycles. The SMILES string of the molecule is CCn1[nH]c(C)c(C(=O)c2cc(C)c3c(c2C)C(C)(C)CCS3)c1=O. The number of carbonyl (C=O) groups is 1. The molecule has 3 rings (SSSR count). The van der Waals surface area contributed by atoms with Crippen LogP contribution in [0.1, 0.15) is 65.5 Å². The fraction of sp³-hybridized carbons (Fsp3) is 0.500. The Hall–Kier alpha value is -1.75. The van der Waals surface area contributed by atoms with Gasteiger partial charge in [-0.05, 0) is 68.0 Å². The maximum absolute atomic E-state index is 13.2. The molecule has 0 fully saturated rings. The van der Waals surface area contributed by atoms with Gasteiger partial charge in [0, 0.05) is 22.7 Å². The third-order valence-corrected chi connectivity index (χ3v) is 6.52. The Bertz CT molecular complexity index is 919. The summed E-state index contributed by atoms with van der Waals surface area (Å²) in [5.41, 5.74) is 4.81. The van der Waals surface area contributed by atoms with E-state index < -0.39 is 0 Å². The molecule has 0 atom stereocenters. The van der Waals surface area contributed by atoms with Crippen molar-refractivity contribution in [3.8, 4) is 0 Å². The standard InChI is InChI=1S/C20H26N2O2S/c1-7-22-19(24)15(13(4)21-22)17(23)14-10-11(2)18-16(12(14)3)20(5,6)8-9-25-18/h10,21H,7-9H2,1-6H3. The highest BCUT2D eigenvalue weighted by Gasteiger charge is 2.33. The van der Waals surface area contributed by atoms with Gasteiger partial charge >= 0.3 is 0 Å². The molecule has 1 aromatic carbocycles. The maximum atomic E-state index is 13.2. The number of hydrogen-bond donors (Lipinski definition) is 1. The van der Waals surface area contributed by atoms with Crippen molar-refractivity contribution in [2.75, 3.05) is 5.75 Å². The lowest BCUT2D eigenvalue weighted by atomic mass is 9.76. The van der Waals surface area contributed by atoms with Crippen molar-refractivity contribution in [3.05, 3.63) is 49.9 Å². The molecule has 2 aromatic rings. The summed E-state index contributed by atoms with van der Waals surface area (Å²) < 4.78 is 1.49. The van der Waals surface area contributed by atoms with Gasteiger partial charge < -0.3 is 0 Å². The molecule has 134 valence electrons. The molecule has 0 bridgehead atoms. The van der Waals surface area contributed by atoms with Crippen LogP contribution in [0.4, 0.5) is 0 Å². The molecule has 5 heteroatoms. The molecular formula is C20H26N2O2S. The number of aryl methyl sites for hydroxylation is 3. The number of rotatable bonds is 3. The number of thioether (sulfide) groups is 1. The Balaban J connectivity index is 2.23. The van der Waals surface area contributed by atoms with Gasteiger partial charge in [0.2, 0.25) is 5.78 Å². The molecule has 4 nitrogen and oxygen atoms in total. The van der Waals surface area contributed by atoms with Crippen LogP contribution in [-0.4, -0.2) is 21.3 Å². The Kier molecular flexibility index (Phi) is 4.48. The fourth-order valence-corrected chi connectivity index (χ4v) is 5.57. The third kappa shape index (κ3) is 2.78. The minimum Gasteiger partial charge on any atom is -0.299 e. The minimum atomic E-state index is -0.228. The summed E-state index contributed by atoms with van der Waals surface area (Å²) in [7, 11) is 0. The van der Waals surface area contributed by atoms with Crippen LogP contribution in [0.3, 0.4) is 0 Å². The molecule has 0 saturated heterocycles. The minimum absolute atomic E-state index is 0.0442. The van der Waals surface area contributed by atoms with Gasteiger partial charge in [-0.25, -0.2) is 0 Å². The first kappa shape index (κ1) is 18.1. The summed E-state index contributed by atoms with van der Waals surface area (Å²) in [5.74, 6) is 0.937. The molecule has 0 amide bonds.